The topological polar surface area (TPSA) is 23.6 Å². The third-order valence-corrected chi connectivity index (χ3v) is 3.98. The molecule has 0 unspecified atom stereocenters. The minimum Gasteiger partial charge on any atom is -0.372 e. The molecule has 0 saturated carbocycles. The second-order valence-corrected chi connectivity index (χ2v) is 5.24. The Morgan fingerprint density at radius 1 is 0.833 bits per heavy atom. The number of hydrogen-bond donors (Lipinski definition) is 0. The number of carbonyl (C=O) groups excluding carboxylic acids is 1. The maximum Gasteiger partial charge on any atom is 0.253 e. The van der Waals surface area contributed by atoms with Crippen molar-refractivity contribution in [2.24, 2.45) is 0 Å². The van der Waals surface area contributed by atoms with Crippen LogP contribution in [0.3, 0.4) is 0 Å². The first kappa shape index (κ1) is 11.6. The van der Waals surface area contributed by atoms with Crippen molar-refractivity contribution in [3.05, 3.63) is 29.8 Å². The molecule has 1 aromatic carbocycles. The lowest BCUT2D eigenvalue weighted by molar-refractivity contribution is 0.0793. The molecule has 3 rings (SSSR count). The highest BCUT2D eigenvalue weighted by Gasteiger charge is 2.19. The zero-order valence-corrected chi connectivity index (χ0v) is 10.8. The molecular formula is C15H20N2O. The second-order valence-electron chi connectivity index (χ2n) is 5.24. The van der Waals surface area contributed by atoms with Crippen LogP contribution in [0.2, 0.25) is 0 Å². The maximum atomic E-state index is 12.2. The number of amides is 1. The van der Waals surface area contributed by atoms with E-state index < -0.39 is 0 Å². The van der Waals surface area contributed by atoms with Crippen LogP contribution < -0.4 is 4.90 Å². The van der Waals surface area contributed by atoms with Crippen molar-refractivity contribution in [2.45, 2.75) is 25.7 Å². The number of nitrogens with zero attached hydrogens (tertiary/aromatic N) is 2. The number of anilines is 1. The summed E-state index contributed by atoms with van der Waals surface area (Å²) in [5.74, 6) is 0.195. The highest BCUT2D eigenvalue weighted by Crippen LogP contribution is 2.21. The van der Waals surface area contributed by atoms with Gasteiger partial charge in [-0.15, -0.1) is 0 Å². The van der Waals surface area contributed by atoms with Crippen LogP contribution in [-0.4, -0.2) is 37.0 Å². The van der Waals surface area contributed by atoms with Gasteiger partial charge in [-0.05, 0) is 49.9 Å². The van der Waals surface area contributed by atoms with Gasteiger partial charge in [0.05, 0.1) is 0 Å². The smallest absolute Gasteiger partial charge is 0.253 e. The molecule has 2 aliphatic rings. The Bertz CT molecular complexity index is 415. The van der Waals surface area contributed by atoms with Crippen LogP contribution in [0.1, 0.15) is 36.0 Å². The standard InChI is InChI=1S/C15H20N2O/c18-15(17-11-3-4-12-17)13-5-7-14(8-6-13)16-9-1-2-10-16/h5-8H,1-4,9-12H2. The van der Waals surface area contributed by atoms with E-state index in [1.807, 2.05) is 17.0 Å². The minimum absolute atomic E-state index is 0.195. The minimum atomic E-state index is 0.195. The molecule has 2 aliphatic heterocycles. The maximum absolute atomic E-state index is 12.2. The molecule has 2 saturated heterocycles. The van der Waals surface area contributed by atoms with Crippen molar-refractivity contribution >= 4 is 11.6 Å². The molecule has 18 heavy (non-hydrogen) atoms. The monoisotopic (exact) mass is 244 g/mol. The molecule has 0 spiro atoms. The second kappa shape index (κ2) is 5.01. The fourth-order valence-corrected chi connectivity index (χ4v) is 2.89. The van der Waals surface area contributed by atoms with Gasteiger partial charge in [-0.2, -0.15) is 0 Å². The summed E-state index contributed by atoms with van der Waals surface area (Å²) in [5.41, 5.74) is 2.09. The van der Waals surface area contributed by atoms with Crippen LogP contribution >= 0.6 is 0 Å². The number of hydrogen-bond acceptors (Lipinski definition) is 2. The van der Waals surface area contributed by atoms with E-state index >= 15 is 0 Å². The van der Waals surface area contributed by atoms with E-state index in [1.165, 1.54) is 18.5 Å². The Balaban J connectivity index is 1.71. The van der Waals surface area contributed by atoms with E-state index in [9.17, 15) is 4.79 Å². The van der Waals surface area contributed by atoms with Crippen molar-refractivity contribution in [1.82, 2.24) is 4.90 Å². The van der Waals surface area contributed by atoms with Gasteiger partial charge in [0.2, 0.25) is 0 Å². The highest BCUT2D eigenvalue weighted by molar-refractivity contribution is 5.94. The van der Waals surface area contributed by atoms with Gasteiger partial charge in [-0.3, -0.25) is 4.79 Å². The molecule has 2 fully saturated rings. The zero-order chi connectivity index (χ0) is 12.4. The highest BCUT2D eigenvalue weighted by atomic mass is 16.2. The van der Waals surface area contributed by atoms with Crippen molar-refractivity contribution in [3.8, 4) is 0 Å². The van der Waals surface area contributed by atoms with Gasteiger partial charge in [0, 0.05) is 37.4 Å². The lowest BCUT2D eigenvalue weighted by Crippen LogP contribution is -2.27. The summed E-state index contributed by atoms with van der Waals surface area (Å²) in [6.07, 6.45) is 4.87. The molecular weight excluding hydrogens is 224 g/mol. The average molecular weight is 244 g/mol. The first-order valence-corrected chi connectivity index (χ1v) is 6.99. The zero-order valence-electron chi connectivity index (χ0n) is 10.8. The molecule has 0 aromatic heterocycles. The van der Waals surface area contributed by atoms with Gasteiger partial charge in [0.15, 0.2) is 0 Å². The fraction of sp³-hybridized carbons (Fsp3) is 0.533. The van der Waals surface area contributed by atoms with Gasteiger partial charge >= 0.3 is 0 Å². The number of likely N-dealkylation sites (tertiary alicyclic amines) is 1. The molecule has 0 bridgehead atoms. The summed E-state index contributed by atoms with van der Waals surface area (Å²) >= 11 is 0. The molecule has 2 heterocycles. The Kier molecular flexibility index (Phi) is 3.22. The third kappa shape index (κ3) is 2.22. The Hall–Kier alpha value is -1.51. The van der Waals surface area contributed by atoms with Gasteiger partial charge < -0.3 is 9.80 Å². The first-order valence-electron chi connectivity index (χ1n) is 6.99. The average Bonchev–Trinajstić information content (AvgIpc) is 3.11. The summed E-state index contributed by atoms with van der Waals surface area (Å²) in [7, 11) is 0. The van der Waals surface area contributed by atoms with Crippen molar-refractivity contribution in [1.29, 1.82) is 0 Å². The summed E-state index contributed by atoms with van der Waals surface area (Å²) in [6.45, 7) is 4.15. The fourth-order valence-electron chi connectivity index (χ4n) is 2.89. The third-order valence-electron chi connectivity index (χ3n) is 3.98. The number of rotatable bonds is 2. The lowest BCUT2D eigenvalue weighted by atomic mass is 10.1. The lowest BCUT2D eigenvalue weighted by Gasteiger charge is -2.19. The van der Waals surface area contributed by atoms with E-state index in [0.717, 1.165) is 44.6 Å². The molecule has 0 radical (unpaired) electrons. The predicted octanol–water partition coefficient (Wildman–Crippen LogP) is 2.52. The van der Waals surface area contributed by atoms with Crippen LogP contribution in [-0.2, 0) is 0 Å². The normalized spacial score (nSPS) is 19.6. The Morgan fingerprint density at radius 3 is 2.00 bits per heavy atom. The van der Waals surface area contributed by atoms with E-state index in [2.05, 4.69) is 17.0 Å². The van der Waals surface area contributed by atoms with Crippen molar-refractivity contribution in [2.75, 3.05) is 31.1 Å². The molecule has 1 amide bonds. The quantitative estimate of drug-likeness (QED) is 0.798. The van der Waals surface area contributed by atoms with E-state index in [1.54, 1.807) is 0 Å². The Labute approximate surface area is 108 Å². The van der Waals surface area contributed by atoms with Gasteiger partial charge in [0.1, 0.15) is 0 Å². The summed E-state index contributed by atoms with van der Waals surface area (Å²) in [5, 5.41) is 0. The van der Waals surface area contributed by atoms with Crippen LogP contribution in [0, 0.1) is 0 Å². The largest absolute Gasteiger partial charge is 0.372 e. The number of carbonyl (C=O) groups is 1. The van der Waals surface area contributed by atoms with Gasteiger partial charge in [-0.1, -0.05) is 0 Å². The van der Waals surface area contributed by atoms with Gasteiger partial charge in [0.25, 0.3) is 5.91 Å². The van der Waals surface area contributed by atoms with Gasteiger partial charge in [-0.25, -0.2) is 0 Å². The van der Waals surface area contributed by atoms with Crippen LogP contribution in [0.15, 0.2) is 24.3 Å². The molecule has 0 atom stereocenters. The summed E-state index contributed by atoms with van der Waals surface area (Å²) in [4.78, 5) is 16.5. The van der Waals surface area contributed by atoms with Crippen molar-refractivity contribution < 1.29 is 4.79 Å². The van der Waals surface area contributed by atoms with Crippen LogP contribution in [0.5, 0.6) is 0 Å². The SMILES string of the molecule is O=C(c1ccc(N2CCCC2)cc1)N1CCCC1. The summed E-state index contributed by atoms with van der Waals surface area (Å²) in [6, 6.07) is 8.14. The van der Waals surface area contributed by atoms with Crippen molar-refractivity contribution in [3.63, 3.8) is 0 Å². The molecule has 96 valence electrons. The van der Waals surface area contributed by atoms with Crippen LogP contribution in [0.25, 0.3) is 0 Å². The van der Waals surface area contributed by atoms with E-state index in [0.29, 0.717) is 0 Å². The van der Waals surface area contributed by atoms with Crippen LogP contribution in [0.4, 0.5) is 5.69 Å². The molecule has 0 N–H and O–H groups in total. The predicted molar refractivity (Wildman–Crippen MR) is 73.0 cm³/mol. The van der Waals surface area contributed by atoms with E-state index in [-0.39, 0.29) is 5.91 Å². The molecule has 3 heteroatoms. The first-order chi connectivity index (χ1) is 8.84. The molecule has 3 nitrogen and oxygen atoms in total. The Morgan fingerprint density at radius 2 is 1.39 bits per heavy atom. The molecule has 0 aliphatic carbocycles. The van der Waals surface area contributed by atoms with E-state index in [4.69, 9.17) is 0 Å². The number of benzene rings is 1. The summed E-state index contributed by atoms with van der Waals surface area (Å²) < 4.78 is 0. The molecule has 1 aromatic rings.